The minimum atomic E-state index is -0.531. The molecule has 0 bridgehead atoms. The van der Waals surface area contributed by atoms with Crippen LogP contribution in [0.15, 0.2) is 36.4 Å². The molecule has 27 heavy (non-hydrogen) atoms. The molecule has 6 nitrogen and oxygen atoms in total. The van der Waals surface area contributed by atoms with Crippen LogP contribution in [0.3, 0.4) is 0 Å². The van der Waals surface area contributed by atoms with Gasteiger partial charge in [0.1, 0.15) is 5.82 Å². The predicted octanol–water partition coefficient (Wildman–Crippen LogP) is 2.93. The Morgan fingerprint density at radius 3 is 2.56 bits per heavy atom. The fourth-order valence-electron chi connectivity index (χ4n) is 2.86. The maximum absolute atomic E-state index is 14.1. The molecule has 2 aromatic rings. The number of hydrogen-bond donors (Lipinski definition) is 2. The highest BCUT2D eigenvalue weighted by Crippen LogP contribution is 2.24. The lowest BCUT2D eigenvalue weighted by molar-refractivity contribution is 0.0964. The first kappa shape index (κ1) is 19.1. The third kappa shape index (κ3) is 4.56. The Kier molecular flexibility index (Phi) is 5.93. The second-order valence-electron chi connectivity index (χ2n) is 6.02. The Bertz CT molecular complexity index is 869. The van der Waals surface area contributed by atoms with Crippen molar-refractivity contribution in [3.63, 3.8) is 0 Å². The second-order valence-corrected chi connectivity index (χ2v) is 6.46. The average molecular weight is 392 g/mol. The SMILES string of the molecule is CNC(=O)c1ccc(Cl)cc1NC(=O)c1cc(F)cc(N2CCOCC2)c1. The maximum atomic E-state index is 14.1. The fraction of sp³-hybridized carbons (Fsp3) is 0.263. The van der Waals surface area contributed by atoms with E-state index in [0.29, 0.717) is 37.0 Å². The highest BCUT2D eigenvalue weighted by atomic mass is 35.5. The van der Waals surface area contributed by atoms with E-state index >= 15 is 0 Å². The molecule has 1 aliphatic rings. The number of morpholine rings is 1. The Balaban J connectivity index is 1.87. The van der Waals surface area contributed by atoms with E-state index < -0.39 is 11.7 Å². The number of carbonyl (C=O) groups is 2. The highest BCUT2D eigenvalue weighted by molar-refractivity contribution is 6.31. The average Bonchev–Trinajstić information content (AvgIpc) is 2.67. The third-order valence-corrected chi connectivity index (χ3v) is 4.46. The molecule has 0 aliphatic carbocycles. The highest BCUT2D eigenvalue weighted by Gasteiger charge is 2.18. The summed E-state index contributed by atoms with van der Waals surface area (Å²) in [5, 5.41) is 5.52. The molecule has 8 heteroatoms. The summed E-state index contributed by atoms with van der Waals surface area (Å²) in [6.07, 6.45) is 0. The monoisotopic (exact) mass is 391 g/mol. The van der Waals surface area contributed by atoms with Crippen molar-refractivity contribution >= 4 is 34.8 Å². The van der Waals surface area contributed by atoms with E-state index in [0.717, 1.165) is 6.07 Å². The van der Waals surface area contributed by atoms with Gasteiger partial charge in [0.2, 0.25) is 0 Å². The van der Waals surface area contributed by atoms with Crippen LogP contribution < -0.4 is 15.5 Å². The number of ether oxygens (including phenoxy) is 1. The molecule has 0 atom stereocenters. The number of carbonyl (C=O) groups excluding carboxylic acids is 2. The maximum Gasteiger partial charge on any atom is 0.255 e. The lowest BCUT2D eigenvalue weighted by Gasteiger charge is -2.29. The Morgan fingerprint density at radius 2 is 1.85 bits per heavy atom. The molecule has 0 unspecified atom stereocenters. The van der Waals surface area contributed by atoms with Crippen molar-refractivity contribution < 1.29 is 18.7 Å². The fourth-order valence-corrected chi connectivity index (χ4v) is 3.03. The topological polar surface area (TPSA) is 70.7 Å². The van der Waals surface area contributed by atoms with E-state index in [1.807, 2.05) is 4.90 Å². The zero-order chi connectivity index (χ0) is 19.4. The second kappa shape index (κ2) is 8.37. The van der Waals surface area contributed by atoms with Gasteiger partial charge in [0, 0.05) is 36.4 Å². The first-order valence-corrected chi connectivity index (χ1v) is 8.82. The van der Waals surface area contributed by atoms with E-state index in [9.17, 15) is 14.0 Å². The Labute approximate surface area is 161 Å². The summed E-state index contributed by atoms with van der Waals surface area (Å²) in [6.45, 7) is 2.35. The molecule has 1 heterocycles. The normalized spacial score (nSPS) is 14.0. The molecule has 0 radical (unpaired) electrons. The molecule has 0 saturated carbocycles. The van der Waals surface area contributed by atoms with Gasteiger partial charge in [0.05, 0.1) is 24.5 Å². The molecule has 1 fully saturated rings. The summed E-state index contributed by atoms with van der Waals surface area (Å²) in [5.74, 6) is -1.41. The first-order valence-electron chi connectivity index (χ1n) is 8.44. The number of hydrogen-bond acceptors (Lipinski definition) is 4. The largest absolute Gasteiger partial charge is 0.378 e. The molecule has 0 aromatic heterocycles. The van der Waals surface area contributed by atoms with Gasteiger partial charge in [0.15, 0.2) is 0 Å². The molecule has 0 spiro atoms. The number of nitrogens with one attached hydrogen (secondary N) is 2. The van der Waals surface area contributed by atoms with Crippen molar-refractivity contribution in [3.8, 4) is 0 Å². The van der Waals surface area contributed by atoms with E-state index in [1.54, 1.807) is 12.1 Å². The number of rotatable bonds is 4. The number of benzene rings is 2. The molecular formula is C19H19ClFN3O3. The summed E-state index contributed by atoms with van der Waals surface area (Å²) >= 11 is 5.98. The van der Waals surface area contributed by atoms with Gasteiger partial charge < -0.3 is 20.3 Å². The van der Waals surface area contributed by atoms with E-state index in [1.165, 1.54) is 25.2 Å². The van der Waals surface area contributed by atoms with Crippen LogP contribution in [0.25, 0.3) is 0 Å². The lowest BCUT2D eigenvalue weighted by Crippen LogP contribution is -2.36. The minimum Gasteiger partial charge on any atom is -0.378 e. The molecule has 1 aliphatic heterocycles. The predicted molar refractivity (Wildman–Crippen MR) is 102 cm³/mol. The standard InChI is InChI=1S/C19H19ClFN3O3/c1-22-19(26)16-3-2-13(20)10-17(16)23-18(25)12-8-14(21)11-15(9-12)24-4-6-27-7-5-24/h2-3,8-11H,4-7H2,1H3,(H,22,26)(H,23,25). The zero-order valence-corrected chi connectivity index (χ0v) is 15.5. The van der Waals surface area contributed by atoms with Crippen LogP contribution in [-0.2, 0) is 4.74 Å². The molecule has 2 amide bonds. The molecule has 142 valence electrons. The van der Waals surface area contributed by atoms with Gasteiger partial charge in [0.25, 0.3) is 11.8 Å². The summed E-state index contributed by atoms with van der Waals surface area (Å²) in [6, 6.07) is 8.71. The molecule has 3 rings (SSSR count). The van der Waals surface area contributed by atoms with Crippen molar-refractivity contribution in [1.29, 1.82) is 0 Å². The minimum absolute atomic E-state index is 0.152. The van der Waals surface area contributed by atoms with Crippen LogP contribution >= 0.6 is 11.6 Å². The molecule has 2 N–H and O–H groups in total. The van der Waals surface area contributed by atoms with Crippen LogP contribution in [-0.4, -0.2) is 45.2 Å². The van der Waals surface area contributed by atoms with Crippen LogP contribution in [0.5, 0.6) is 0 Å². The van der Waals surface area contributed by atoms with Crippen molar-refractivity contribution in [3.05, 3.63) is 58.4 Å². The molecular weight excluding hydrogens is 373 g/mol. The van der Waals surface area contributed by atoms with Crippen LogP contribution in [0.1, 0.15) is 20.7 Å². The lowest BCUT2D eigenvalue weighted by atomic mass is 10.1. The van der Waals surface area contributed by atoms with Crippen molar-refractivity contribution in [2.75, 3.05) is 43.6 Å². The zero-order valence-electron chi connectivity index (χ0n) is 14.7. The van der Waals surface area contributed by atoms with Gasteiger partial charge in [-0.05, 0) is 36.4 Å². The quantitative estimate of drug-likeness (QED) is 0.840. The van der Waals surface area contributed by atoms with Crippen molar-refractivity contribution in [2.24, 2.45) is 0 Å². The van der Waals surface area contributed by atoms with E-state index in [2.05, 4.69) is 10.6 Å². The van der Waals surface area contributed by atoms with Gasteiger partial charge in [-0.2, -0.15) is 0 Å². The number of nitrogens with zero attached hydrogens (tertiary/aromatic N) is 1. The Hall–Kier alpha value is -2.64. The van der Waals surface area contributed by atoms with Crippen molar-refractivity contribution in [2.45, 2.75) is 0 Å². The van der Waals surface area contributed by atoms with Crippen LogP contribution in [0, 0.1) is 5.82 Å². The van der Waals surface area contributed by atoms with Gasteiger partial charge in [-0.3, -0.25) is 9.59 Å². The van der Waals surface area contributed by atoms with Crippen molar-refractivity contribution in [1.82, 2.24) is 5.32 Å². The number of halogens is 2. The van der Waals surface area contributed by atoms with Gasteiger partial charge in [-0.1, -0.05) is 11.6 Å². The van der Waals surface area contributed by atoms with E-state index in [4.69, 9.17) is 16.3 Å². The number of anilines is 2. The van der Waals surface area contributed by atoms with E-state index in [-0.39, 0.29) is 22.7 Å². The smallest absolute Gasteiger partial charge is 0.255 e. The molecule has 1 saturated heterocycles. The van der Waals surface area contributed by atoms with Crippen LogP contribution in [0.2, 0.25) is 5.02 Å². The van der Waals surface area contributed by atoms with Gasteiger partial charge in [-0.25, -0.2) is 4.39 Å². The molecule has 2 aromatic carbocycles. The first-order chi connectivity index (χ1) is 13.0. The summed E-state index contributed by atoms with van der Waals surface area (Å²) in [5.41, 5.74) is 1.28. The summed E-state index contributed by atoms with van der Waals surface area (Å²) < 4.78 is 19.4. The van der Waals surface area contributed by atoms with Gasteiger partial charge in [-0.15, -0.1) is 0 Å². The Morgan fingerprint density at radius 1 is 1.11 bits per heavy atom. The third-order valence-electron chi connectivity index (χ3n) is 4.22. The summed E-state index contributed by atoms with van der Waals surface area (Å²) in [4.78, 5) is 26.6. The number of amides is 2. The van der Waals surface area contributed by atoms with Gasteiger partial charge >= 0.3 is 0 Å². The van der Waals surface area contributed by atoms with Crippen LogP contribution in [0.4, 0.5) is 15.8 Å². The summed E-state index contributed by atoms with van der Waals surface area (Å²) in [7, 11) is 1.49.